The molecule has 1 aliphatic rings. The molecule has 0 aliphatic carbocycles. The second kappa shape index (κ2) is 16.0. The Labute approximate surface area is 215 Å². The zero-order valence-electron chi connectivity index (χ0n) is 24.2. The summed E-state index contributed by atoms with van der Waals surface area (Å²) in [6, 6.07) is 0. The number of hydroxylamine groups is 2. The normalized spacial score (nSPS) is 19.9. The number of nitrogens with two attached hydrogens (primary N) is 1. The molecule has 7 nitrogen and oxygen atoms in total. The Morgan fingerprint density at radius 1 is 1.11 bits per heavy atom. The average molecular weight is 501 g/mol. The highest BCUT2D eigenvalue weighted by Crippen LogP contribution is 2.38. The summed E-state index contributed by atoms with van der Waals surface area (Å²) in [7, 11) is 1.70. The lowest BCUT2D eigenvalue weighted by molar-refractivity contribution is -0.259. The van der Waals surface area contributed by atoms with Gasteiger partial charge in [0.25, 0.3) is 0 Å². The first-order valence-corrected chi connectivity index (χ1v) is 13.5. The van der Waals surface area contributed by atoms with Crippen LogP contribution in [0.2, 0.25) is 0 Å². The molecule has 0 bridgehead atoms. The zero-order valence-corrected chi connectivity index (χ0v) is 24.2. The predicted molar refractivity (Wildman–Crippen MR) is 142 cm³/mol. The van der Waals surface area contributed by atoms with Crippen molar-refractivity contribution < 1.29 is 24.3 Å². The lowest BCUT2D eigenvalue weighted by Gasteiger charge is -2.50. The van der Waals surface area contributed by atoms with Crippen LogP contribution in [0.15, 0.2) is 0 Å². The van der Waals surface area contributed by atoms with Gasteiger partial charge in [0, 0.05) is 48.9 Å². The van der Waals surface area contributed by atoms with E-state index in [1.807, 2.05) is 48.5 Å². The fraction of sp³-hybridized carbons (Fsp3) is 0.929. The molecule has 2 atom stereocenters. The van der Waals surface area contributed by atoms with Crippen molar-refractivity contribution in [3.63, 3.8) is 0 Å². The van der Waals surface area contributed by atoms with Gasteiger partial charge in [0.1, 0.15) is 12.4 Å². The molecule has 0 radical (unpaired) electrons. The van der Waals surface area contributed by atoms with Crippen LogP contribution in [0.4, 0.5) is 0 Å². The first-order chi connectivity index (χ1) is 16.1. The van der Waals surface area contributed by atoms with Gasteiger partial charge in [-0.15, -0.1) is 0 Å². The molecule has 0 aromatic rings. The quantitative estimate of drug-likeness (QED) is 0.170. The zero-order chi connectivity index (χ0) is 27.3. The summed E-state index contributed by atoms with van der Waals surface area (Å²) in [6.07, 6.45) is 11.0. The fourth-order valence-electron chi connectivity index (χ4n) is 4.91. The Hall–Kier alpha value is -1.02. The number of rotatable bonds is 14. The first-order valence-electron chi connectivity index (χ1n) is 13.5. The monoisotopic (exact) mass is 500 g/mol. The van der Waals surface area contributed by atoms with Gasteiger partial charge >= 0.3 is 5.97 Å². The topological polar surface area (TPSA) is 102 Å². The highest BCUT2D eigenvalue weighted by Gasteiger charge is 2.46. The lowest BCUT2D eigenvalue weighted by Crippen LogP contribution is -2.60. The van der Waals surface area contributed by atoms with Gasteiger partial charge in [-0.25, -0.2) is 0 Å². The SMILES string of the molecule is CCC(C=O)CCCCCCCC(=O)OC1CC(C)(C)N(O)C(C)(C)C1.COC(C)CC(C)(C)N. The van der Waals surface area contributed by atoms with Crippen molar-refractivity contribution in [1.82, 2.24) is 5.06 Å². The van der Waals surface area contributed by atoms with Crippen LogP contribution in [0.1, 0.15) is 126 Å². The molecule has 208 valence electrons. The van der Waals surface area contributed by atoms with Crippen molar-refractivity contribution in [3.05, 3.63) is 0 Å². The van der Waals surface area contributed by atoms with Gasteiger partial charge in [-0.1, -0.05) is 32.6 Å². The van der Waals surface area contributed by atoms with Gasteiger partial charge in [0.05, 0.1) is 6.10 Å². The van der Waals surface area contributed by atoms with E-state index in [4.69, 9.17) is 15.2 Å². The van der Waals surface area contributed by atoms with Crippen LogP contribution in [0.5, 0.6) is 0 Å². The van der Waals surface area contributed by atoms with Gasteiger partial charge in [-0.05, 0) is 74.1 Å². The van der Waals surface area contributed by atoms with Gasteiger partial charge in [0.15, 0.2) is 0 Å². The van der Waals surface area contributed by atoms with E-state index >= 15 is 0 Å². The van der Waals surface area contributed by atoms with Crippen molar-refractivity contribution in [1.29, 1.82) is 0 Å². The number of piperidine rings is 1. The van der Waals surface area contributed by atoms with Crippen LogP contribution in [0, 0.1) is 5.92 Å². The van der Waals surface area contributed by atoms with E-state index in [0.717, 1.165) is 57.7 Å². The summed E-state index contributed by atoms with van der Waals surface area (Å²) in [6.45, 7) is 16.0. The average Bonchev–Trinajstić information content (AvgIpc) is 2.72. The predicted octanol–water partition coefficient (Wildman–Crippen LogP) is 6.04. The molecule has 1 aliphatic heterocycles. The van der Waals surface area contributed by atoms with Crippen molar-refractivity contribution in [2.75, 3.05) is 7.11 Å². The van der Waals surface area contributed by atoms with Gasteiger partial charge < -0.3 is 25.2 Å². The van der Waals surface area contributed by atoms with Crippen molar-refractivity contribution in [2.45, 2.75) is 155 Å². The number of aldehydes is 1. The molecule has 1 rings (SSSR count). The Morgan fingerprint density at radius 3 is 2.06 bits per heavy atom. The summed E-state index contributed by atoms with van der Waals surface area (Å²) < 4.78 is 10.7. The molecule has 0 saturated carbocycles. The van der Waals surface area contributed by atoms with E-state index in [2.05, 4.69) is 6.92 Å². The maximum absolute atomic E-state index is 12.1. The molecule has 0 aromatic heterocycles. The number of hydrogen-bond acceptors (Lipinski definition) is 7. The lowest BCUT2D eigenvalue weighted by atomic mass is 9.80. The Kier molecular flexibility index (Phi) is 15.5. The van der Waals surface area contributed by atoms with E-state index in [1.54, 1.807) is 7.11 Å². The Bertz CT molecular complexity index is 583. The van der Waals surface area contributed by atoms with E-state index in [-0.39, 0.29) is 29.6 Å². The number of carbonyl (C=O) groups is 2. The largest absolute Gasteiger partial charge is 0.462 e. The third-order valence-electron chi connectivity index (χ3n) is 6.79. The molecule has 0 spiro atoms. The van der Waals surface area contributed by atoms with Gasteiger partial charge in [0.2, 0.25) is 0 Å². The Morgan fingerprint density at radius 2 is 1.63 bits per heavy atom. The maximum Gasteiger partial charge on any atom is 0.306 e. The smallest absolute Gasteiger partial charge is 0.306 e. The second-order valence-corrected chi connectivity index (χ2v) is 12.3. The molecule has 0 aromatic carbocycles. The van der Waals surface area contributed by atoms with E-state index in [0.29, 0.717) is 19.3 Å². The summed E-state index contributed by atoms with van der Waals surface area (Å²) in [4.78, 5) is 22.9. The number of carbonyl (C=O) groups excluding carboxylic acids is 2. The molecule has 0 amide bonds. The third kappa shape index (κ3) is 15.0. The number of hydrogen-bond donors (Lipinski definition) is 2. The molecular formula is C28H56N2O5. The molecule has 1 saturated heterocycles. The molecule has 35 heavy (non-hydrogen) atoms. The van der Waals surface area contributed by atoms with Crippen LogP contribution in [0.3, 0.4) is 0 Å². The molecule has 1 heterocycles. The number of ether oxygens (including phenoxy) is 2. The highest BCUT2D eigenvalue weighted by molar-refractivity contribution is 5.69. The third-order valence-corrected chi connectivity index (χ3v) is 6.79. The second-order valence-electron chi connectivity index (χ2n) is 12.3. The number of methoxy groups -OCH3 is 1. The van der Waals surface area contributed by atoms with Crippen molar-refractivity contribution in [3.8, 4) is 0 Å². The fourth-order valence-corrected chi connectivity index (χ4v) is 4.91. The van der Waals surface area contributed by atoms with Crippen molar-refractivity contribution >= 4 is 12.3 Å². The summed E-state index contributed by atoms with van der Waals surface area (Å²) in [5, 5.41) is 11.7. The van der Waals surface area contributed by atoms with Gasteiger partial charge in [-0.3, -0.25) is 4.79 Å². The molecule has 7 heteroatoms. The van der Waals surface area contributed by atoms with Crippen LogP contribution in [0.25, 0.3) is 0 Å². The number of esters is 1. The minimum absolute atomic E-state index is 0.102. The van der Waals surface area contributed by atoms with Crippen LogP contribution < -0.4 is 5.73 Å². The summed E-state index contributed by atoms with van der Waals surface area (Å²) in [5.74, 6) is 0.0869. The van der Waals surface area contributed by atoms with E-state index in [1.165, 1.54) is 5.06 Å². The van der Waals surface area contributed by atoms with Crippen LogP contribution >= 0.6 is 0 Å². The van der Waals surface area contributed by atoms with E-state index in [9.17, 15) is 14.8 Å². The maximum atomic E-state index is 12.1. The number of nitrogens with zero attached hydrogens (tertiary/aromatic N) is 1. The molecular weight excluding hydrogens is 444 g/mol. The van der Waals surface area contributed by atoms with Gasteiger partial charge in [-0.2, -0.15) is 5.06 Å². The highest BCUT2D eigenvalue weighted by atomic mass is 16.5. The standard InChI is InChI=1S/C21H39NO4.C7H17NO/c1-6-17(16-23)12-10-8-7-9-11-13-19(24)26-18-14-20(2,3)22(25)21(4,5)15-18;1-6(9-4)5-7(2,3)8/h16-18,25H,6-15H2,1-5H3;6H,5,8H2,1-4H3. The van der Waals surface area contributed by atoms with Crippen molar-refractivity contribution in [2.24, 2.45) is 11.7 Å². The first kappa shape index (κ1) is 34.0. The summed E-state index contributed by atoms with van der Waals surface area (Å²) in [5.41, 5.74) is 4.83. The minimum Gasteiger partial charge on any atom is -0.462 e. The van der Waals surface area contributed by atoms with E-state index < -0.39 is 11.1 Å². The number of unbranched alkanes of at least 4 members (excludes halogenated alkanes) is 4. The minimum atomic E-state index is -0.398. The Balaban J connectivity index is 0.00000109. The summed E-state index contributed by atoms with van der Waals surface area (Å²) >= 11 is 0. The molecule has 1 fully saturated rings. The molecule has 2 unspecified atom stereocenters. The van der Waals surface area contributed by atoms with Crippen LogP contribution in [-0.4, -0.2) is 58.5 Å². The van der Waals surface area contributed by atoms with Crippen LogP contribution in [-0.2, 0) is 19.1 Å². The molecule has 3 N–H and O–H groups in total.